The van der Waals surface area contributed by atoms with Crippen LogP contribution in [0, 0.1) is 0 Å². The number of methoxy groups -OCH3 is 3. The number of Topliss-reactive ketones (excluding diaryl/α,β-unsaturated/α-hetero) is 1. The highest BCUT2D eigenvalue weighted by Crippen LogP contribution is 2.34. The Bertz CT molecular complexity index is 816. The molecule has 150 valence electrons. The zero-order valence-electron chi connectivity index (χ0n) is 16.5. The van der Waals surface area contributed by atoms with E-state index in [9.17, 15) is 9.59 Å². The molecule has 2 aromatic carbocycles. The Morgan fingerprint density at radius 1 is 0.893 bits per heavy atom. The minimum atomic E-state index is -0.287. The zero-order chi connectivity index (χ0) is 20.5. The number of amides is 1. The second kappa shape index (κ2) is 10.2. The second-order valence-electron chi connectivity index (χ2n) is 5.89. The van der Waals surface area contributed by atoms with Gasteiger partial charge in [-0.05, 0) is 30.3 Å². The summed E-state index contributed by atoms with van der Waals surface area (Å²) in [5, 5.41) is 2.78. The standard InChI is InChI=1S/C21H25NO6/c1-5-17(23)14-6-8-16(9-7-14)28-13-21(24)22-12-15-10-19(26-3)20(27-4)11-18(15)25-2/h6-11H,5,12-13H2,1-4H3,(H,22,24). The fourth-order valence-electron chi connectivity index (χ4n) is 2.57. The highest BCUT2D eigenvalue weighted by Gasteiger charge is 2.13. The van der Waals surface area contributed by atoms with Crippen molar-refractivity contribution in [2.24, 2.45) is 0 Å². The predicted molar refractivity (Wildman–Crippen MR) is 105 cm³/mol. The molecule has 0 saturated heterocycles. The van der Waals surface area contributed by atoms with Gasteiger partial charge in [-0.3, -0.25) is 9.59 Å². The third-order valence-corrected chi connectivity index (χ3v) is 4.13. The number of carbonyl (C=O) groups excluding carboxylic acids is 2. The number of hydrogen-bond acceptors (Lipinski definition) is 6. The summed E-state index contributed by atoms with van der Waals surface area (Å²) in [4.78, 5) is 23.7. The lowest BCUT2D eigenvalue weighted by Crippen LogP contribution is -2.28. The minimum Gasteiger partial charge on any atom is -0.496 e. The van der Waals surface area contributed by atoms with E-state index in [1.54, 1.807) is 57.7 Å². The normalized spacial score (nSPS) is 10.1. The molecule has 0 heterocycles. The minimum absolute atomic E-state index is 0.0631. The average Bonchev–Trinajstić information content (AvgIpc) is 2.75. The Balaban J connectivity index is 1.92. The van der Waals surface area contributed by atoms with E-state index in [2.05, 4.69) is 5.32 Å². The summed E-state index contributed by atoms with van der Waals surface area (Å²) in [6.07, 6.45) is 0.447. The first kappa shape index (κ1) is 21.1. The van der Waals surface area contributed by atoms with Crippen molar-refractivity contribution in [2.45, 2.75) is 19.9 Å². The summed E-state index contributed by atoms with van der Waals surface area (Å²) < 4.78 is 21.3. The molecule has 7 nitrogen and oxygen atoms in total. The van der Waals surface area contributed by atoms with Crippen molar-refractivity contribution in [1.82, 2.24) is 5.32 Å². The van der Waals surface area contributed by atoms with Crippen molar-refractivity contribution in [1.29, 1.82) is 0 Å². The molecule has 0 aliphatic heterocycles. The van der Waals surface area contributed by atoms with Crippen LogP contribution in [0.1, 0.15) is 29.3 Å². The van der Waals surface area contributed by atoms with E-state index in [1.807, 2.05) is 6.92 Å². The topological polar surface area (TPSA) is 83.1 Å². The molecule has 0 atom stereocenters. The smallest absolute Gasteiger partial charge is 0.258 e. The molecule has 0 unspecified atom stereocenters. The van der Waals surface area contributed by atoms with Gasteiger partial charge in [0.1, 0.15) is 11.5 Å². The largest absolute Gasteiger partial charge is 0.496 e. The van der Waals surface area contributed by atoms with E-state index >= 15 is 0 Å². The number of benzene rings is 2. The Morgan fingerprint density at radius 3 is 2.07 bits per heavy atom. The van der Waals surface area contributed by atoms with Gasteiger partial charge in [0.25, 0.3) is 5.91 Å². The van der Waals surface area contributed by atoms with Gasteiger partial charge in [-0.1, -0.05) is 6.92 Å². The first-order valence-corrected chi connectivity index (χ1v) is 8.84. The Hall–Kier alpha value is -3.22. The molecule has 0 saturated carbocycles. The van der Waals surface area contributed by atoms with Crippen LogP contribution in [0.5, 0.6) is 23.0 Å². The van der Waals surface area contributed by atoms with Gasteiger partial charge in [-0.25, -0.2) is 0 Å². The predicted octanol–water partition coefficient (Wildman–Crippen LogP) is 3.00. The van der Waals surface area contributed by atoms with Gasteiger partial charge in [0.15, 0.2) is 23.9 Å². The number of ether oxygens (including phenoxy) is 4. The van der Waals surface area contributed by atoms with Gasteiger partial charge >= 0.3 is 0 Å². The number of ketones is 1. The maximum absolute atomic E-state index is 12.1. The molecule has 2 aromatic rings. The lowest BCUT2D eigenvalue weighted by molar-refractivity contribution is -0.123. The Labute approximate surface area is 164 Å². The van der Waals surface area contributed by atoms with Gasteiger partial charge in [0.2, 0.25) is 0 Å². The van der Waals surface area contributed by atoms with E-state index in [0.29, 0.717) is 35.0 Å². The van der Waals surface area contributed by atoms with Crippen molar-refractivity contribution >= 4 is 11.7 Å². The summed E-state index contributed by atoms with van der Waals surface area (Å²) in [5.41, 5.74) is 1.37. The maximum Gasteiger partial charge on any atom is 0.258 e. The number of carbonyl (C=O) groups is 2. The van der Waals surface area contributed by atoms with E-state index in [-0.39, 0.29) is 24.8 Å². The van der Waals surface area contributed by atoms with Crippen molar-refractivity contribution in [3.8, 4) is 23.0 Å². The summed E-state index contributed by atoms with van der Waals surface area (Å²) in [6.45, 7) is 1.91. The Morgan fingerprint density at radius 2 is 1.50 bits per heavy atom. The molecular formula is C21H25NO6. The first-order chi connectivity index (χ1) is 13.5. The highest BCUT2D eigenvalue weighted by atomic mass is 16.5. The number of hydrogen-bond donors (Lipinski definition) is 1. The second-order valence-corrected chi connectivity index (χ2v) is 5.89. The molecule has 2 rings (SSSR count). The molecule has 28 heavy (non-hydrogen) atoms. The molecular weight excluding hydrogens is 362 g/mol. The van der Waals surface area contributed by atoms with Gasteiger partial charge in [0.05, 0.1) is 21.3 Å². The van der Waals surface area contributed by atoms with Crippen LogP contribution in [-0.2, 0) is 11.3 Å². The number of rotatable bonds is 10. The summed E-state index contributed by atoms with van der Waals surface area (Å²) in [5.74, 6) is 1.97. The molecule has 0 aliphatic rings. The fourth-order valence-corrected chi connectivity index (χ4v) is 2.57. The van der Waals surface area contributed by atoms with Gasteiger partial charge < -0.3 is 24.3 Å². The van der Waals surface area contributed by atoms with Crippen LogP contribution in [0.2, 0.25) is 0 Å². The molecule has 0 aliphatic carbocycles. The van der Waals surface area contributed by atoms with E-state index < -0.39 is 0 Å². The van der Waals surface area contributed by atoms with Crippen LogP contribution in [0.4, 0.5) is 0 Å². The van der Waals surface area contributed by atoms with Crippen molar-refractivity contribution < 1.29 is 28.5 Å². The van der Waals surface area contributed by atoms with Crippen LogP contribution in [0.25, 0.3) is 0 Å². The van der Waals surface area contributed by atoms with Gasteiger partial charge in [0, 0.05) is 30.2 Å². The Kier molecular flexibility index (Phi) is 7.68. The SMILES string of the molecule is CCC(=O)c1ccc(OCC(=O)NCc2cc(OC)c(OC)cc2OC)cc1. The van der Waals surface area contributed by atoms with Crippen LogP contribution in [-0.4, -0.2) is 39.6 Å². The van der Waals surface area contributed by atoms with Gasteiger partial charge in [-0.15, -0.1) is 0 Å². The van der Waals surface area contributed by atoms with E-state index in [4.69, 9.17) is 18.9 Å². The van der Waals surface area contributed by atoms with E-state index in [1.165, 1.54) is 0 Å². The quantitative estimate of drug-likeness (QED) is 0.631. The fraction of sp³-hybridized carbons (Fsp3) is 0.333. The molecule has 1 amide bonds. The molecule has 0 fully saturated rings. The van der Waals surface area contributed by atoms with E-state index in [0.717, 1.165) is 5.56 Å². The van der Waals surface area contributed by atoms with Crippen molar-refractivity contribution in [3.63, 3.8) is 0 Å². The maximum atomic E-state index is 12.1. The van der Waals surface area contributed by atoms with Crippen LogP contribution in [0.15, 0.2) is 36.4 Å². The lowest BCUT2D eigenvalue weighted by Gasteiger charge is -2.14. The molecule has 0 bridgehead atoms. The third-order valence-electron chi connectivity index (χ3n) is 4.13. The summed E-state index contributed by atoms with van der Waals surface area (Å²) >= 11 is 0. The monoisotopic (exact) mass is 387 g/mol. The third kappa shape index (κ3) is 5.39. The summed E-state index contributed by atoms with van der Waals surface area (Å²) in [6, 6.07) is 10.2. The van der Waals surface area contributed by atoms with Crippen molar-refractivity contribution in [2.75, 3.05) is 27.9 Å². The van der Waals surface area contributed by atoms with Gasteiger partial charge in [-0.2, -0.15) is 0 Å². The average molecular weight is 387 g/mol. The first-order valence-electron chi connectivity index (χ1n) is 8.84. The van der Waals surface area contributed by atoms with Crippen molar-refractivity contribution in [3.05, 3.63) is 47.5 Å². The van der Waals surface area contributed by atoms with Crippen LogP contribution >= 0.6 is 0 Å². The zero-order valence-corrected chi connectivity index (χ0v) is 16.5. The molecule has 7 heteroatoms. The highest BCUT2D eigenvalue weighted by molar-refractivity contribution is 5.95. The van der Waals surface area contributed by atoms with Crippen LogP contribution in [0.3, 0.4) is 0 Å². The molecule has 0 aromatic heterocycles. The molecule has 0 spiro atoms. The lowest BCUT2D eigenvalue weighted by atomic mass is 10.1. The molecule has 0 radical (unpaired) electrons. The van der Waals surface area contributed by atoms with Crippen LogP contribution < -0.4 is 24.3 Å². The number of nitrogens with one attached hydrogen (secondary N) is 1. The summed E-state index contributed by atoms with van der Waals surface area (Å²) in [7, 11) is 4.63. The molecule has 1 N–H and O–H groups in total.